The van der Waals surface area contributed by atoms with Crippen LogP contribution in [0.3, 0.4) is 0 Å². The number of nitrogens with two attached hydrogens (primary N) is 1. The quantitative estimate of drug-likeness (QED) is 0.104. The van der Waals surface area contributed by atoms with Gasteiger partial charge in [0.25, 0.3) is 5.91 Å². The summed E-state index contributed by atoms with van der Waals surface area (Å²) in [7, 11) is 3.20. The first-order valence-electron chi connectivity index (χ1n) is 15.4. The Morgan fingerprint density at radius 2 is 1.87 bits per heavy atom. The first-order valence-corrected chi connectivity index (χ1v) is 16.6. The Bertz CT molecular complexity index is 1580. The number of rotatable bonds is 12. The van der Waals surface area contributed by atoms with E-state index in [0.29, 0.717) is 63.3 Å². The molecule has 2 aliphatic carbocycles. The van der Waals surface area contributed by atoms with Crippen LogP contribution in [0, 0.1) is 11.8 Å². The fourth-order valence-electron chi connectivity index (χ4n) is 6.76. The van der Waals surface area contributed by atoms with Crippen molar-refractivity contribution >= 4 is 46.3 Å². The van der Waals surface area contributed by atoms with E-state index in [9.17, 15) is 9.59 Å². The molecule has 1 aliphatic heterocycles. The predicted octanol–water partition coefficient (Wildman–Crippen LogP) is 6.40. The zero-order valence-electron chi connectivity index (χ0n) is 25.5. The summed E-state index contributed by atoms with van der Waals surface area (Å²) < 4.78 is 23.5. The maximum atomic E-state index is 13.7. The van der Waals surface area contributed by atoms with Crippen molar-refractivity contribution in [1.82, 2.24) is 4.90 Å². The van der Waals surface area contributed by atoms with Gasteiger partial charge in [-0.1, -0.05) is 60.7 Å². The van der Waals surface area contributed by atoms with Gasteiger partial charge in [-0.25, -0.2) is 0 Å². The van der Waals surface area contributed by atoms with E-state index < -0.39 is 12.0 Å². The zero-order chi connectivity index (χ0) is 31.5. The van der Waals surface area contributed by atoms with E-state index in [-0.39, 0.29) is 18.6 Å². The van der Waals surface area contributed by atoms with Gasteiger partial charge < -0.3 is 24.4 Å². The fraction of sp³-hybridized carbons (Fsp3) is 0.400. The number of fused-ring (bicyclic) bond motifs is 2. The summed E-state index contributed by atoms with van der Waals surface area (Å²) in [6.45, 7) is 0.209. The van der Waals surface area contributed by atoms with Gasteiger partial charge in [-0.15, -0.1) is 0 Å². The third-order valence-corrected chi connectivity index (χ3v) is 10.4. The summed E-state index contributed by atoms with van der Waals surface area (Å²) in [5.74, 6) is 3.22. The monoisotopic (exact) mass is 646 g/mol. The Hall–Kier alpha value is -3.60. The molecule has 236 valence electrons. The van der Waals surface area contributed by atoms with Gasteiger partial charge in [0.2, 0.25) is 0 Å². The average molecular weight is 647 g/mol. The number of hydrogen-bond acceptors (Lipinski definition) is 9. The van der Waals surface area contributed by atoms with Crippen molar-refractivity contribution in [2.24, 2.45) is 17.6 Å². The molecular formula is C35H38N2O6S2. The molecular weight excluding hydrogens is 609 g/mol. The first kappa shape index (κ1) is 31.4. The second-order valence-electron chi connectivity index (χ2n) is 12.0. The topological polar surface area (TPSA) is 104 Å². The number of carbonyl (C=O) groups is 2. The number of hydrogen-bond donors (Lipinski definition) is 1. The van der Waals surface area contributed by atoms with Crippen LogP contribution in [0.15, 0.2) is 63.9 Å². The minimum atomic E-state index is -0.733. The van der Waals surface area contributed by atoms with Crippen LogP contribution in [0.4, 0.5) is 0 Å². The van der Waals surface area contributed by atoms with Gasteiger partial charge in [-0.2, -0.15) is 0 Å². The number of ether oxygens (including phenoxy) is 3. The first-order chi connectivity index (χ1) is 21.8. The van der Waals surface area contributed by atoms with Crippen LogP contribution < -0.4 is 15.2 Å². The van der Waals surface area contributed by atoms with Crippen LogP contribution >= 0.6 is 24.0 Å². The molecule has 3 unspecified atom stereocenters. The van der Waals surface area contributed by atoms with Crippen LogP contribution in [0.1, 0.15) is 49.0 Å². The van der Waals surface area contributed by atoms with Crippen molar-refractivity contribution in [1.29, 1.82) is 0 Å². The number of aryl methyl sites for hydroxylation is 1. The van der Waals surface area contributed by atoms with Crippen LogP contribution in [0.5, 0.6) is 11.5 Å². The molecule has 45 heavy (non-hydrogen) atoms. The molecule has 1 amide bonds. The highest BCUT2D eigenvalue weighted by Gasteiger charge is 2.48. The number of thioether (sulfide) groups is 1. The summed E-state index contributed by atoms with van der Waals surface area (Å²) in [6.07, 6.45) is 7.99. The van der Waals surface area contributed by atoms with Crippen LogP contribution in [0.2, 0.25) is 0 Å². The second-order valence-corrected chi connectivity index (χ2v) is 13.6. The number of methoxy groups -OCH3 is 2. The number of carbonyl (C=O) groups excluding carboxylic acids is 2. The molecule has 0 radical (unpaired) electrons. The van der Waals surface area contributed by atoms with Crippen LogP contribution in [-0.4, -0.2) is 54.0 Å². The summed E-state index contributed by atoms with van der Waals surface area (Å²) in [5, 5.41) is 0. The van der Waals surface area contributed by atoms with E-state index >= 15 is 0 Å². The number of thiocarbonyl (C=S) groups is 1. The molecule has 2 heterocycles. The van der Waals surface area contributed by atoms with Gasteiger partial charge in [0.15, 0.2) is 0 Å². The minimum Gasteiger partial charge on any atom is -0.497 e. The maximum absolute atomic E-state index is 13.7. The molecule has 10 heteroatoms. The molecule has 2 N–H and O–H groups in total. The predicted molar refractivity (Wildman–Crippen MR) is 179 cm³/mol. The average Bonchev–Trinajstić information content (AvgIpc) is 3.84. The molecule has 1 saturated heterocycles. The van der Waals surface area contributed by atoms with Gasteiger partial charge in [0, 0.05) is 23.7 Å². The normalized spacial score (nSPS) is 22.3. The number of esters is 1. The Morgan fingerprint density at radius 3 is 2.53 bits per heavy atom. The summed E-state index contributed by atoms with van der Waals surface area (Å²) in [5.41, 5.74) is 8.76. The lowest BCUT2D eigenvalue weighted by Gasteiger charge is -2.30. The van der Waals surface area contributed by atoms with E-state index in [2.05, 4.69) is 0 Å². The highest BCUT2D eigenvalue weighted by atomic mass is 32.2. The Labute approximate surface area is 273 Å². The molecule has 0 spiro atoms. The van der Waals surface area contributed by atoms with Gasteiger partial charge >= 0.3 is 5.97 Å². The number of nitrogens with zero attached hydrogens (tertiary/aromatic N) is 1. The molecule has 1 aromatic heterocycles. The number of amides is 1. The highest BCUT2D eigenvalue weighted by Crippen LogP contribution is 2.49. The van der Waals surface area contributed by atoms with E-state index in [1.54, 1.807) is 20.3 Å². The van der Waals surface area contributed by atoms with Crippen molar-refractivity contribution in [3.05, 3.63) is 76.4 Å². The molecule has 4 atom stereocenters. The zero-order valence-corrected chi connectivity index (χ0v) is 27.2. The van der Waals surface area contributed by atoms with Crippen molar-refractivity contribution in [3.63, 3.8) is 0 Å². The summed E-state index contributed by atoms with van der Waals surface area (Å²) in [6, 6.07) is 16.6. The van der Waals surface area contributed by atoms with E-state index in [1.165, 1.54) is 31.0 Å². The van der Waals surface area contributed by atoms with Gasteiger partial charge in [0.1, 0.15) is 33.4 Å². The summed E-state index contributed by atoms with van der Waals surface area (Å²) in [4.78, 5) is 28.7. The highest BCUT2D eigenvalue weighted by molar-refractivity contribution is 8.26. The lowest BCUT2D eigenvalue weighted by atomic mass is 9.94. The molecule has 2 bridgehead atoms. The Morgan fingerprint density at radius 1 is 1.11 bits per heavy atom. The standard InChI is InChI=1S/C35H38N2O6S2/c1-40-26-16-25(17-27(19-26)41-2)30-18-24(9-6-12-42-34(39)28(36)14-21-7-4-3-5-8-21)31(43-30)20-32-33(38)37(35(44)45-32)29-15-22-10-11-23(29)13-22/h3-5,7-8,16-20,22-23,28-29H,6,9-15,36H2,1-2H3/t22?,23?,28-,29?/m0/s1. The second kappa shape index (κ2) is 13.8. The van der Waals surface area contributed by atoms with Crippen LogP contribution in [-0.2, 0) is 27.2 Å². The number of benzene rings is 2. The largest absolute Gasteiger partial charge is 0.497 e. The lowest BCUT2D eigenvalue weighted by molar-refractivity contribution is -0.145. The van der Waals surface area contributed by atoms with E-state index in [1.807, 2.05) is 59.5 Å². The van der Waals surface area contributed by atoms with Crippen molar-refractivity contribution < 1.29 is 28.2 Å². The third kappa shape index (κ3) is 6.98. The molecule has 3 aromatic rings. The third-order valence-electron chi connectivity index (χ3n) is 9.03. The van der Waals surface area contributed by atoms with Crippen LogP contribution in [0.25, 0.3) is 17.4 Å². The SMILES string of the molecule is COc1cc(OC)cc(-c2cc(CCCOC(=O)[C@@H](N)Cc3ccccc3)c(C=C3SC(=S)N(C4CC5CCC4C5)C3=O)o2)c1. The summed E-state index contributed by atoms with van der Waals surface area (Å²) >= 11 is 7.05. The maximum Gasteiger partial charge on any atom is 0.323 e. The smallest absolute Gasteiger partial charge is 0.323 e. The molecule has 3 aliphatic rings. The van der Waals surface area contributed by atoms with Gasteiger partial charge in [-0.05, 0) is 79.7 Å². The lowest BCUT2D eigenvalue weighted by Crippen LogP contribution is -2.41. The van der Waals surface area contributed by atoms with Crippen molar-refractivity contribution in [3.8, 4) is 22.8 Å². The van der Waals surface area contributed by atoms with Crippen molar-refractivity contribution in [2.45, 2.75) is 57.0 Å². The Kier molecular flexibility index (Phi) is 9.63. The molecule has 3 fully saturated rings. The molecule has 8 nitrogen and oxygen atoms in total. The molecule has 2 saturated carbocycles. The minimum absolute atomic E-state index is 0.0455. The molecule has 6 rings (SSSR count). The van der Waals surface area contributed by atoms with Gasteiger partial charge in [-0.3, -0.25) is 14.5 Å². The van der Waals surface area contributed by atoms with E-state index in [0.717, 1.165) is 23.1 Å². The number of furan rings is 1. The van der Waals surface area contributed by atoms with Crippen molar-refractivity contribution in [2.75, 3.05) is 20.8 Å². The van der Waals surface area contributed by atoms with E-state index in [4.69, 9.17) is 36.6 Å². The fourth-order valence-corrected chi connectivity index (χ4v) is 8.10. The molecule has 2 aromatic carbocycles. The van der Waals surface area contributed by atoms with Gasteiger partial charge in [0.05, 0.1) is 25.7 Å². The Balaban J connectivity index is 1.19.